The summed E-state index contributed by atoms with van der Waals surface area (Å²) in [5.74, 6) is -0.680. The monoisotopic (exact) mass is 347 g/mol. The van der Waals surface area contributed by atoms with E-state index in [1.807, 2.05) is 0 Å². The van der Waals surface area contributed by atoms with Crippen LogP contribution in [0.15, 0.2) is 18.2 Å². The van der Waals surface area contributed by atoms with Crippen LogP contribution in [-0.4, -0.2) is 37.8 Å². The van der Waals surface area contributed by atoms with Crippen molar-refractivity contribution in [1.82, 2.24) is 4.90 Å². The smallest absolute Gasteiger partial charge is 0.387 e. The van der Waals surface area contributed by atoms with E-state index in [4.69, 9.17) is 0 Å². The van der Waals surface area contributed by atoms with Crippen molar-refractivity contribution in [3.8, 4) is 11.5 Å². The number of fused-ring (bicyclic) bond motifs is 1. The molecule has 134 valence electrons. The molecule has 2 fully saturated rings. The topological polar surface area (TPSA) is 21.7 Å². The van der Waals surface area contributed by atoms with Gasteiger partial charge in [0.1, 0.15) is 0 Å². The van der Waals surface area contributed by atoms with Gasteiger partial charge in [-0.2, -0.15) is 17.6 Å². The van der Waals surface area contributed by atoms with Crippen molar-refractivity contribution >= 4 is 0 Å². The maximum absolute atomic E-state index is 12.7. The van der Waals surface area contributed by atoms with Gasteiger partial charge in [-0.1, -0.05) is 18.9 Å². The highest BCUT2D eigenvalue weighted by Crippen LogP contribution is 2.50. The first kappa shape index (κ1) is 17.3. The number of ether oxygens (including phenoxy) is 2. The highest BCUT2D eigenvalue weighted by atomic mass is 19.3. The van der Waals surface area contributed by atoms with E-state index in [0.29, 0.717) is 6.04 Å². The van der Waals surface area contributed by atoms with E-state index in [-0.39, 0.29) is 16.9 Å². The molecule has 2 aliphatic rings. The summed E-state index contributed by atoms with van der Waals surface area (Å²) in [5.41, 5.74) is 0.741. The Bertz CT molecular complexity index is 580. The first-order valence-electron chi connectivity index (χ1n) is 8.17. The van der Waals surface area contributed by atoms with Gasteiger partial charge in [-0.05, 0) is 50.6 Å². The van der Waals surface area contributed by atoms with Crippen LogP contribution in [-0.2, 0) is 5.41 Å². The molecule has 1 saturated carbocycles. The van der Waals surface area contributed by atoms with E-state index >= 15 is 0 Å². The fraction of sp³-hybridized carbons (Fsp3) is 0.647. The first-order chi connectivity index (χ1) is 11.4. The minimum Gasteiger partial charge on any atom is -0.431 e. The Morgan fingerprint density at radius 3 is 2.46 bits per heavy atom. The van der Waals surface area contributed by atoms with Gasteiger partial charge in [-0.3, -0.25) is 0 Å². The predicted octanol–water partition coefficient (Wildman–Crippen LogP) is 4.41. The van der Waals surface area contributed by atoms with Crippen LogP contribution >= 0.6 is 0 Å². The van der Waals surface area contributed by atoms with E-state index in [2.05, 4.69) is 21.4 Å². The molecule has 24 heavy (non-hydrogen) atoms. The number of halogens is 4. The molecular formula is C17H21F4NO2. The van der Waals surface area contributed by atoms with E-state index in [0.717, 1.165) is 44.2 Å². The Labute approximate surface area is 138 Å². The Balaban J connectivity index is 1.98. The molecule has 0 radical (unpaired) electrons. The molecule has 1 unspecified atom stereocenters. The fourth-order valence-electron chi connectivity index (χ4n) is 4.37. The Morgan fingerprint density at radius 1 is 1.04 bits per heavy atom. The fourth-order valence-corrected chi connectivity index (χ4v) is 4.37. The minimum absolute atomic E-state index is 0.128. The molecule has 0 spiro atoms. The number of hydrogen-bond acceptors (Lipinski definition) is 3. The van der Waals surface area contributed by atoms with Crippen LogP contribution in [0.1, 0.15) is 37.7 Å². The van der Waals surface area contributed by atoms with Crippen molar-refractivity contribution < 1.29 is 27.0 Å². The SMILES string of the molecule is CN1CC[C@]2(c3ccc(OC(F)F)c(OC(F)F)c3)CCCCC12. The van der Waals surface area contributed by atoms with Crippen molar-refractivity contribution in [3.05, 3.63) is 23.8 Å². The molecule has 0 N–H and O–H groups in total. The van der Waals surface area contributed by atoms with E-state index in [9.17, 15) is 17.6 Å². The highest BCUT2D eigenvalue weighted by molar-refractivity contribution is 5.46. The van der Waals surface area contributed by atoms with Gasteiger partial charge in [-0.15, -0.1) is 0 Å². The highest BCUT2D eigenvalue weighted by Gasteiger charge is 2.48. The van der Waals surface area contributed by atoms with Gasteiger partial charge < -0.3 is 14.4 Å². The zero-order chi connectivity index (χ0) is 17.3. The van der Waals surface area contributed by atoms with Crippen molar-refractivity contribution in [3.63, 3.8) is 0 Å². The lowest BCUT2D eigenvalue weighted by Gasteiger charge is -2.42. The first-order valence-corrected chi connectivity index (χ1v) is 8.17. The lowest BCUT2D eigenvalue weighted by atomic mass is 9.66. The van der Waals surface area contributed by atoms with Crippen LogP contribution in [0.25, 0.3) is 0 Å². The molecule has 1 aliphatic carbocycles. The number of nitrogens with zero attached hydrogens (tertiary/aromatic N) is 1. The maximum Gasteiger partial charge on any atom is 0.387 e. The van der Waals surface area contributed by atoms with Crippen LogP contribution in [0.4, 0.5) is 17.6 Å². The molecule has 0 amide bonds. The minimum atomic E-state index is -3.09. The number of benzene rings is 1. The lowest BCUT2D eigenvalue weighted by Crippen LogP contribution is -2.43. The molecule has 2 atom stereocenters. The van der Waals surface area contributed by atoms with E-state index < -0.39 is 13.2 Å². The average Bonchev–Trinajstić information content (AvgIpc) is 2.87. The molecular weight excluding hydrogens is 326 g/mol. The molecule has 1 saturated heterocycles. The Hall–Kier alpha value is -1.50. The van der Waals surface area contributed by atoms with Crippen molar-refractivity contribution in [2.24, 2.45) is 0 Å². The molecule has 7 heteroatoms. The quantitative estimate of drug-likeness (QED) is 0.737. The zero-order valence-corrected chi connectivity index (χ0v) is 13.5. The van der Waals surface area contributed by atoms with Crippen LogP contribution in [0.2, 0.25) is 0 Å². The molecule has 3 nitrogen and oxygen atoms in total. The molecule has 1 aliphatic heterocycles. The second-order valence-electron chi connectivity index (χ2n) is 6.57. The Morgan fingerprint density at radius 2 is 1.75 bits per heavy atom. The zero-order valence-electron chi connectivity index (χ0n) is 13.5. The predicted molar refractivity (Wildman–Crippen MR) is 80.9 cm³/mol. The van der Waals surface area contributed by atoms with Crippen LogP contribution in [0.5, 0.6) is 11.5 Å². The number of likely N-dealkylation sites (tertiary alicyclic amines) is 1. The summed E-state index contributed by atoms with van der Waals surface area (Å²) >= 11 is 0. The third-order valence-corrected chi connectivity index (χ3v) is 5.38. The van der Waals surface area contributed by atoms with Crippen molar-refractivity contribution in [2.75, 3.05) is 13.6 Å². The lowest BCUT2D eigenvalue weighted by molar-refractivity contribution is -0.0693. The summed E-state index contributed by atoms with van der Waals surface area (Å²) in [5, 5.41) is 0. The van der Waals surface area contributed by atoms with Crippen LogP contribution < -0.4 is 9.47 Å². The number of rotatable bonds is 5. The summed E-state index contributed by atoms with van der Waals surface area (Å²) in [4.78, 5) is 2.30. The molecule has 1 aromatic rings. The standard InChI is InChI=1S/C17H21F4NO2/c1-22-9-8-17(7-3-2-4-14(17)22)11-5-6-12(23-15(18)19)13(10-11)24-16(20)21/h5-6,10,14-16H,2-4,7-9H2,1H3/t14?,17-/m0/s1. The molecule has 0 bridgehead atoms. The van der Waals surface area contributed by atoms with Crippen LogP contribution in [0, 0.1) is 0 Å². The van der Waals surface area contributed by atoms with Gasteiger partial charge >= 0.3 is 13.2 Å². The summed E-state index contributed by atoms with van der Waals surface area (Å²) in [6.45, 7) is -5.24. The van der Waals surface area contributed by atoms with E-state index in [1.165, 1.54) is 12.1 Å². The summed E-state index contributed by atoms with van der Waals surface area (Å²) < 4.78 is 59.1. The van der Waals surface area contributed by atoms with Gasteiger partial charge in [0.05, 0.1) is 0 Å². The van der Waals surface area contributed by atoms with Crippen LogP contribution in [0.3, 0.4) is 0 Å². The van der Waals surface area contributed by atoms with E-state index in [1.54, 1.807) is 6.07 Å². The van der Waals surface area contributed by atoms with Gasteiger partial charge in [0, 0.05) is 11.5 Å². The van der Waals surface area contributed by atoms with Crippen molar-refractivity contribution in [1.29, 1.82) is 0 Å². The third-order valence-electron chi connectivity index (χ3n) is 5.38. The third kappa shape index (κ3) is 3.18. The molecule has 0 aromatic heterocycles. The average molecular weight is 347 g/mol. The number of alkyl halides is 4. The largest absolute Gasteiger partial charge is 0.431 e. The number of likely N-dealkylation sites (N-methyl/N-ethyl adjacent to an activating group) is 1. The van der Waals surface area contributed by atoms with Gasteiger partial charge in [0.2, 0.25) is 0 Å². The molecule has 3 rings (SSSR count). The van der Waals surface area contributed by atoms with Crippen molar-refractivity contribution in [2.45, 2.75) is 56.8 Å². The second kappa shape index (κ2) is 6.78. The van der Waals surface area contributed by atoms with Gasteiger partial charge in [-0.25, -0.2) is 0 Å². The molecule has 1 heterocycles. The summed E-state index contributed by atoms with van der Waals surface area (Å²) in [6, 6.07) is 4.83. The second-order valence-corrected chi connectivity index (χ2v) is 6.57. The number of hydrogen-bond donors (Lipinski definition) is 0. The Kier molecular flexibility index (Phi) is 4.90. The summed E-state index contributed by atoms with van der Waals surface area (Å²) in [6.07, 6.45) is 5.16. The normalized spacial score (nSPS) is 27.5. The summed E-state index contributed by atoms with van der Waals surface area (Å²) in [7, 11) is 2.07. The maximum atomic E-state index is 12.7. The molecule has 1 aromatic carbocycles. The van der Waals surface area contributed by atoms with Gasteiger partial charge in [0.15, 0.2) is 11.5 Å². The van der Waals surface area contributed by atoms with Gasteiger partial charge in [0.25, 0.3) is 0 Å².